The molecule has 8 aromatic carbocycles. The molecule has 10 aromatic rings. The van der Waals surface area contributed by atoms with Crippen LogP contribution in [0, 0.1) is 20.8 Å². The summed E-state index contributed by atoms with van der Waals surface area (Å²) in [5.41, 5.74) is 23.5. The zero-order valence-corrected chi connectivity index (χ0v) is 45.1. The molecule has 0 unspecified atom stereocenters. The highest BCUT2D eigenvalue weighted by molar-refractivity contribution is 7.34. The Morgan fingerprint density at radius 3 is 1.53 bits per heavy atom. The zero-order valence-electron chi connectivity index (χ0n) is 44.3. The minimum Gasteiger partial charge on any atom is -0.342 e. The molecule has 0 atom stereocenters. The Morgan fingerprint density at radius 2 is 0.972 bits per heavy atom. The van der Waals surface area contributed by atoms with E-state index in [2.05, 4.69) is 267 Å². The molecule has 72 heavy (non-hydrogen) atoms. The van der Waals surface area contributed by atoms with Crippen molar-refractivity contribution in [3.63, 3.8) is 0 Å². The second-order valence-electron chi connectivity index (χ2n) is 23.8. The quantitative estimate of drug-likeness (QED) is 0.160. The van der Waals surface area contributed by atoms with Crippen LogP contribution in [-0.2, 0) is 23.3 Å². The normalized spacial score (nSPS) is 13.5. The lowest BCUT2D eigenvalue weighted by Crippen LogP contribution is -2.60. The molecule has 0 radical (unpaired) electrons. The number of anilines is 9. The van der Waals surface area contributed by atoms with Gasteiger partial charge in [0.2, 0.25) is 0 Å². The van der Waals surface area contributed by atoms with Gasteiger partial charge in [0.25, 0.3) is 6.71 Å². The summed E-state index contributed by atoms with van der Waals surface area (Å²) >= 11 is 1.98. The van der Waals surface area contributed by atoms with Gasteiger partial charge in [0.15, 0.2) is 0 Å². The first-order valence-electron chi connectivity index (χ1n) is 25.8. The van der Waals surface area contributed by atoms with Crippen LogP contribution in [0.1, 0.15) is 95.7 Å². The number of fused-ring (bicyclic) bond motifs is 10. The molecule has 2 aliphatic heterocycles. The number of thiophene rings is 1. The van der Waals surface area contributed by atoms with Crippen molar-refractivity contribution in [1.29, 1.82) is 0 Å². The SMILES string of the molecule is Cc1ccc(N(c2ccc(C)cc2)c2cc3c(c4c5ccccc5n(C)c24)B2c4sc5ccc(C(C)(C)C)cc5c4N(c4ccc(C(C)(C)C)cc4)c4cc(C)cc(c42)N3c2ccc(C(C)(C)C)cc2)cc1. The van der Waals surface area contributed by atoms with Crippen LogP contribution in [0.2, 0.25) is 0 Å². The standard InChI is InChI=1S/C66H65BN4S/c1-40-18-27-46(28-19-40)69(47-29-20-41(2)21-30-47)56-39-55-60(58-50-16-14-15-17-52(50)68(13)62(56)58)67-59-53(70(55)48-31-22-43(23-32-48)64(4,5)6)36-42(3)37-54(59)71(49-33-24-44(25-34-49)65(7,8)9)61-51-38-45(66(10,11)12)26-35-57(51)72-63(61)67/h14-39H,1-13H3. The Kier molecular flexibility index (Phi) is 10.4. The molecule has 0 saturated carbocycles. The van der Waals surface area contributed by atoms with E-state index in [-0.39, 0.29) is 23.0 Å². The molecule has 0 aliphatic carbocycles. The summed E-state index contributed by atoms with van der Waals surface area (Å²) in [7, 11) is 2.28. The zero-order chi connectivity index (χ0) is 50.3. The van der Waals surface area contributed by atoms with E-state index in [1.807, 2.05) is 11.3 Å². The van der Waals surface area contributed by atoms with Crippen LogP contribution in [0.25, 0.3) is 31.9 Å². The first-order chi connectivity index (χ1) is 34.3. The topological polar surface area (TPSA) is 14.7 Å². The van der Waals surface area contributed by atoms with Crippen LogP contribution in [-0.4, -0.2) is 11.3 Å². The Balaban J connectivity index is 1.26. The predicted molar refractivity (Wildman–Crippen MR) is 315 cm³/mol. The molecule has 0 bridgehead atoms. The molecule has 2 aliphatic rings. The minimum absolute atomic E-state index is 0.00423. The van der Waals surface area contributed by atoms with Gasteiger partial charge in [-0.25, -0.2) is 0 Å². The number of benzene rings is 8. The van der Waals surface area contributed by atoms with Gasteiger partial charge in [0.1, 0.15) is 0 Å². The number of aromatic nitrogens is 1. The number of hydrogen-bond donors (Lipinski definition) is 0. The summed E-state index contributed by atoms with van der Waals surface area (Å²) in [6.45, 7) is 27.4. The summed E-state index contributed by atoms with van der Waals surface area (Å²) in [6, 6.07) is 60.9. The summed E-state index contributed by atoms with van der Waals surface area (Å²) in [5.74, 6) is 0. The van der Waals surface area contributed by atoms with Gasteiger partial charge < -0.3 is 19.3 Å². The van der Waals surface area contributed by atoms with E-state index in [1.165, 1.54) is 109 Å². The summed E-state index contributed by atoms with van der Waals surface area (Å²) in [6.07, 6.45) is 0. The molecule has 0 amide bonds. The van der Waals surface area contributed by atoms with Crippen molar-refractivity contribution in [3.8, 4) is 0 Å². The number of aryl methyl sites for hydroxylation is 4. The number of hydrogen-bond acceptors (Lipinski definition) is 4. The maximum absolute atomic E-state index is 2.63. The molecule has 0 N–H and O–H groups in total. The molecule has 12 rings (SSSR count). The molecule has 0 spiro atoms. The van der Waals surface area contributed by atoms with E-state index in [9.17, 15) is 0 Å². The molecule has 2 aromatic heterocycles. The van der Waals surface area contributed by atoms with Gasteiger partial charge in [-0.3, -0.25) is 0 Å². The number of nitrogens with zero attached hydrogens (tertiary/aromatic N) is 4. The summed E-state index contributed by atoms with van der Waals surface area (Å²) in [5, 5.41) is 3.87. The molecule has 358 valence electrons. The second kappa shape index (κ2) is 16.2. The fourth-order valence-corrected chi connectivity index (χ4v) is 13.0. The van der Waals surface area contributed by atoms with E-state index < -0.39 is 0 Å². The first kappa shape index (κ1) is 46.1. The Morgan fingerprint density at radius 1 is 0.472 bits per heavy atom. The lowest BCUT2D eigenvalue weighted by atomic mass is 9.35. The summed E-state index contributed by atoms with van der Waals surface area (Å²) in [4.78, 5) is 7.75. The van der Waals surface area contributed by atoms with Crippen LogP contribution in [0.5, 0.6) is 0 Å². The highest BCUT2D eigenvalue weighted by Gasteiger charge is 2.47. The lowest BCUT2D eigenvalue weighted by molar-refractivity contribution is 0.590. The van der Waals surface area contributed by atoms with E-state index in [1.54, 1.807) is 0 Å². The van der Waals surface area contributed by atoms with Crippen LogP contribution in [0.4, 0.5) is 51.2 Å². The van der Waals surface area contributed by atoms with Crippen molar-refractivity contribution in [1.82, 2.24) is 4.57 Å². The Bertz CT molecular complexity index is 3740. The molecular weight excluding hydrogens is 892 g/mol. The van der Waals surface area contributed by atoms with E-state index in [4.69, 9.17) is 0 Å². The minimum atomic E-state index is -0.0687. The highest BCUT2D eigenvalue weighted by atomic mass is 32.1. The second-order valence-corrected chi connectivity index (χ2v) is 24.9. The number of rotatable bonds is 5. The van der Waals surface area contributed by atoms with Crippen LogP contribution < -0.4 is 30.4 Å². The van der Waals surface area contributed by atoms with Gasteiger partial charge in [0, 0.05) is 78.0 Å². The van der Waals surface area contributed by atoms with Crippen molar-refractivity contribution in [2.24, 2.45) is 7.05 Å². The Labute approximate surface area is 431 Å². The van der Waals surface area contributed by atoms with E-state index in [0.717, 1.165) is 22.7 Å². The molecule has 6 heteroatoms. The number of para-hydroxylation sites is 1. The third-order valence-corrected chi connectivity index (χ3v) is 16.8. The lowest BCUT2D eigenvalue weighted by Gasteiger charge is -2.44. The molecule has 4 heterocycles. The third kappa shape index (κ3) is 7.23. The van der Waals surface area contributed by atoms with Gasteiger partial charge >= 0.3 is 0 Å². The first-order valence-corrected chi connectivity index (χ1v) is 26.6. The van der Waals surface area contributed by atoms with E-state index >= 15 is 0 Å². The molecular formula is C66H65BN4S. The largest absolute Gasteiger partial charge is 0.342 e. The third-order valence-electron chi connectivity index (χ3n) is 15.6. The molecule has 4 nitrogen and oxygen atoms in total. The predicted octanol–water partition coefficient (Wildman–Crippen LogP) is 16.9. The monoisotopic (exact) mass is 957 g/mol. The maximum atomic E-state index is 2.63. The maximum Gasteiger partial charge on any atom is 0.265 e. The van der Waals surface area contributed by atoms with E-state index in [0.29, 0.717) is 0 Å². The molecule has 0 saturated heterocycles. The van der Waals surface area contributed by atoms with Crippen LogP contribution >= 0.6 is 11.3 Å². The van der Waals surface area contributed by atoms with Crippen molar-refractivity contribution >= 4 is 117 Å². The van der Waals surface area contributed by atoms with Crippen LogP contribution in [0.15, 0.2) is 158 Å². The van der Waals surface area contributed by atoms with Crippen molar-refractivity contribution in [2.45, 2.75) is 99.3 Å². The average molecular weight is 957 g/mol. The van der Waals surface area contributed by atoms with Crippen molar-refractivity contribution in [3.05, 3.63) is 191 Å². The molecule has 0 fully saturated rings. The highest BCUT2D eigenvalue weighted by Crippen LogP contribution is 2.52. The summed E-state index contributed by atoms with van der Waals surface area (Å²) < 4.78 is 5.16. The average Bonchev–Trinajstić information content (AvgIpc) is 3.87. The van der Waals surface area contributed by atoms with Gasteiger partial charge in [-0.05, 0) is 155 Å². The van der Waals surface area contributed by atoms with Gasteiger partial charge in [-0.1, -0.05) is 146 Å². The van der Waals surface area contributed by atoms with Crippen LogP contribution in [0.3, 0.4) is 0 Å². The van der Waals surface area contributed by atoms with Crippen molar-refractivity contribution in [2.75, 3.05) is 14.7 Å². The van der Waals surface area contributed by atoms with Gasteiger partial charge in [-0.2, -0.15) is 0 Å². The van der Waals surface area contributed by atoms with Gasteiger partial charge in [-0.15, -0.1) is 11.3 Å². The Hall–Kier alpha value is -7.02. The fraction of sp³-hybridized carbons (Fsp3) is 0.242. The smallest absolute Gasteiger partial charge is 0.265 e. The fourth-order valence-electron chi connectivity index (χ4n) is 11.7. The van der Waals surface area contributed by atoms with Gasteiger partial charge in [0.05, 0.1) is 16.9 Å². The van der Waals surface area contributed by atoms with Crippen molar-refractivity contribution < 1.29 is 0 Å².